The molecule has 18 heavy (non-hydrogen) atoms. The Labute approximate surface area is 110 Å². The second kappa shape index (κ2) is 5.40. The van der Waals surface area contributed by atoms with E-state index < -0.39 is 0 Å². The Bertz CT molecular complexity index is 408. The summed E-state index contributed by atoms with van der Waals surface area (Å²) in [4.78, 5) is 0. The predicted molar refractivity (Wildman–Crippen MR) is 74.0 cm³/mol. The molecule has 100 valence electrons. The van der Waals surface area contributed by atoms with Gasteiger partial charge in [-0.1, -0.05) is 26.0 Å². The van der Waals surface area contributed by atoms with Gasteiger partial charge in [-0.15, -0.1) is 0 Å². The van der Waals surface area contributed by atoms with Crippen LogP contribution in [0.2, 0.25) is 0 Å². The van der Waals surface area contributed by atoms with E-state index >= 15 is 0 Å². The number of benzene rings is 1. The van der Waals surface area contributed by atoms with Gasteiger partial charge in [0.1, 0.15) is 5.82 Å². The van der Waals surface area contributed by atoms with E-state index in [0.29, 0.717) is 6.04 Å². The standard InChI is InChI=1S/C16H24FN/c1-10(2)14-7-15(8-14)18-12(4)13-6-5-11(3)16(17)9-13/h5-6,9-10,12,14-15,18H,7-8H2,1-4H3. The molecule has 0 heterocycles. The normalized spacial score (nSPS) is 25.0. The molecule has 1 N–H and O–H groups in total. The molecule has 1 unspecified atom stereocenters. The number of hydrogen-bond acceptors (Lipinski definition) is 1. The summed E-state index contributed by atoms with van der Waals surface area (Å²) in [5.41, 5.74) is 1.76. The van der Waals surface area contributed by atoms with Gasteiger partial charge in [0.25, 0.3) is 0 Å². The smallest absolute Gasteiger partial charge is 0.126 e. The maximum atomic E-state index is 13.5. The molecule has 0 bridgehead atoms. The molecule has 1 fully saturated rings. The zero-order chi connectivity index (χ0) is 13.3. The van der Waals surface area contributed by atoms with Gasteiger partial charge in [-0.05, 0) is 55.7 Å². The van der Waals surface area contributed by atoms with Crippen LogP contribution in [-0.2, 0) is 0 Å². The fourth-order valence-electron chi connectivity index (χ4n) is 2.67. The molecular formula is C16H24FN. The molecule has 0 aromatic heterocycles. The molecule has 1 atom stereocenters. The minimum atomic E-state index is -0.102. The molecule has 1 aliphatic carbocycles. The van der Waals surface area contributed by atoms with E-state index in [1.165, 1.54) is 12.8 Å². The van der Waals surface area contributed by atoms with Gasteiger partial charge in [-0.25, -0.2) is 4.39 Å². The summed E-state index contributed by atoms with van der Waals surface area (Å²) in [5, 5.41) is 3.60. The van der Waals surface area contributed by atoms with Crippen molar-refractivity contribution in [2.45, 2.75) is 52.6 Å². The summed E-state index contributed by atoms with van der Waals surface area (Å²) < 4.78 is 13.5. The van der Waals surface area contributed by atoms with Crippen LogP contribution in [0.1, 0.15) is 50.8 Å². The molecular weight excluding hydrogens is 225 g/mol. The van der Waals surface area contributed by atoms with Gasteiger partial charge in [0.15, 0.2) is 0 Å². The Morgan fingerprint density at radius 1 is 1.22 bits per heavy atom. The summed E-state index contributed by atoms with van der Waals surface area (Å²) >= 11 is 0. The largest absolute Gasteiger partial charge is 0.307 e. The molecule has 1 aromatic rings. The first kappa shape index (κ1) is 13.5. The summed E-state index contributed by atoms with van der Waals surface area (Å²) in [6, 6.07) is 6.39. The first-order valence-corrected chi connectivity index (χ1v) is 6.99. The molecule has 0 radical (unpaired) electrons. The minimum absolute atomic E-state index is 0.102. The van der Waals surface area contributed by atoms with Crippen molar-refractivity contribution in [1.82, 2.24) is 5.32 Å². The third-order valence-corrected chi connectivity index (χ3v) is 4.30. The highest BCUT2D eigenvalue weighted by atomic mass is 19.1. The van der Waals surface area contributed by atoms with Crippen LogP contribution in [0.4, 0.5) is 4.39 Å². The minimum Gasteiger partial charge on any atom is -0.307 e. The fraction of sp³-hybridized carbons (Fsp3) is 0.625. The van der Waals surface area contributed by atoms with Gasteiger partial charge >= 0.3 is 0 Å². The van der Waals surface area contributed by atoms with Crippen LogP contribution < -0.4 is 5.32 Å². The Morgan fingerprint density at radius 3 is 2.44 bits per heavy atom. The molecule has 1 aliphatic rings. The lowest BCUT2D eigenvalue weighted by Crippen LogP contribution is -2.44. The average molecular weight is 249 g/mol. The van der Waals surface area contributed by atoms with E-state index in [1.54, 1.807) is 13.0 Å². The van der Waals surface area contributed by atoms with Crippen molar-refractivity contribution in [3.8, 4) is 0 Å². The number of rotatable bonds is 4. The molecule has 0 amide bonds. The maximum absolute atomic E-state index is 13.5. The third-order valence-electron chi connectivity index (χ3n) is 4.30. The summed E-state index contributed by atoms with van der Waals surface area (Å²) in [6.07, 6.45) is 2.52. The molecule has 2 rings (SSSR count). The molecule has 0 spiro atoms. The molecule has 0 saturated heterocycles. The second-order valence-corrected chi connectivity index (χ2v) is 6.07. The Balaban J connectivity index is 1.89. The first-order valence-electron chi connectivity index (χ1n) is 6.99. The van der Waals surface area contributed by atoms with Crippen molar-refractivity contribution in [3.05, 3.63) is 35.1 Å². The van der Waals surface area contributed by atoms with Crippen LogP contribution in [0, 0.1) is 24.6 Å². The van der Waals surface area contributed by atoms with Crippen molar-refractivity contribution >= 4 is 0 Å². The van der Waals surface area contributed by atoms with Gasteiger partial charge in [0.2, 0.25) is 0 Å². The number of halogens is 1. The van der Waals surface area contributed by atoms with Crippen molar-refractivity contribution < 1.29 is 4.39 Å². The number of aryl methyl sites for hydroxylation is 1. The van der Waals surface area contributed by atoms with Crippen LogP contribution in [0.25, 0.3) is 0 Å². The Morgan fingerprint density at radius 2 is 1.89 bits per heavy atom. The van der Waals surface area contributed by atoms with Crippen LogP contribution in [0.15, 0.2) is 18.2 Å². The summed E-state index contributed by atoms with van der Waals surface area (Å²) in [5.74, 6) is 1.55. The lowest BCUT2D eigenvalue weighted by Gasteiger charge is -2.40. The molecule has 1 nitrogen and oxygen atoms in total. The van der Waals surface area contributed by atoms with E-state index in [-0.39, 0.29) is 11.9 Å². The molecule has 0 aliphatic heterocycles. The van der Waals surface area contributed by atoms with Crippen molar-refractivity contribution in [2.75, 3.05) is 0 Å². The molecule has 1 saturated carbocycles. The molecule has 1 aromatic carbocycles. The van der Waals surface area contributed by atoms with Gasteiger partial charge in [0, 0.05) is 12.1 Å². The van der Waals surface area contributed by atoms with E-state index in [2.05, 4.69) is 26.1 Å². The van der Waals surface area contributed by atoms with E-state index in [9.17, 15) is 4.39 Å². The predicted octanol–water partition coefficient (Wildman–Crippen LogP) is 4.22. The number of hydrogen-bond donors (Lipinski definition) is 1. The average Bonchev–Trinajstić information content (AvgIpc) is 2.25. The van der Waals surface area contributed by atoms with Gasteiger partial charge in [-0.3, -0.25) is 0 Å². The Hall–Kier alpha value is -0.890. The highest BCUT2D eigenvalue weighted by Gasteiger charge is 2.31. The number of nitrogens with one attached hydrogen (secondary N) is 1. The first-order chi connectivity index (χ1) is 8.47. The van der Waals surface area contributed by atoms with Gasteiger partial charge < -0.3 is 5.32 Å². The quantitative estimate of drug-likeness (QED) is 0.842. The SMILES string of the molecule is Cc1ccc(C(C)NC2CC(C(C)C)C2)cc1F. The van der Waals surface area contributed by atoms with Gasteiger partial charge in [0.05, 0.1) is 0 Å². The highest BCUT2D eigenvalue weighted by Crippen LogP contribution is 2.34. The van der Waals surface area contributed by atoms with Crippen LogP contribution in [-0.4, -0.2) is 6.04 Å². The van der Waals surface area contributed by atoms with Crippen LogP contribution in [0.3, 0.4) is 0 Å². The topological polar surface area (TPSA) is 12.0 Å². The second-order valence-electron chi connectivity index (χ2n) is 6.07. The fourth-order valence-corrected chi connectivity index (χ4v) is 2.67. The van der Waals surface area contributed by atoms with E-state index in [4.69, 9.17) is 0 Å². The van der Waals surface area contributed by atoms with Crippen molar-refractivity contribution in [3.63, 3.8) is 0 Å². The lowest BCUT2D eigenvalue weighted by atomic mass is 9.73. The molecule has 2 heteroatoms. The summed E-state index contributed by atoms with van der Waals surface area (Å²) in [7, 11) is 0. The van der Waals surface area contributed by atoms with Crippen molar-refractivity contribution in [2.24, 2.45) is 11.8 Å². The Kier molecular flexibility index (Phi) is 4.06. The lowest BCUT2D eigenvalue weighted by molar-refractivity contribution is 0.159. The highest BCUT2D eigenvalue weighted by molar-refractivity contribution is 5.25. The third kappa shape index (κ3) is 2.92. The zero-order valence-electron chi connectivity index (χ0n) is 11.8. The van der Waals surface area contributed by atoms with Crippen LogP contribution in [0.5, 0.6) is 0 Å². The zero-order valence-corrected chi connectivity index (χ0v) is 11.8. The van der Waals surface area contributed by atoms with E-state index in [1.807, 2.05) is 12.1 Å². The maximum Gasteiger partial charge on any atom is 0.126 e. The van der Waals surface area contributed by atoms with E-state index in [0.717, 1.165) is 23.0 Å². The van der Waals surface area contributed by atoms with Crippen molar-refractivity contribution in [1.29, 1.82) is 0 Å². The monoisotopic (exact) mass is 249 g/mol. The summed E-state index contributed by atoms with van der Waals surface area (Å²) in [6.45, 7) is 8.50. The van der Waals surface area contributed by atoms with Gasteiger partial charge in [-0.2, -0.15) is 0 Å². The van der Waals surface area contributed by atoms with Crippen LogP contribution >= 0.6 is 0 Å².